The summed E-state index contributed by atoms with van der Waals surface area (Å²) in [5.41, 5.74) is 32.0. The van der Waals surface area contributed by atoms with E-state index in [4.69, 9.17) is 46.0 Å². The van der Waals surface area contributed by atoms with E-state index in [1.54, 1.807) is 135 Å². The van der Waals surface area contributed by atoms with Gasteiger partial charge >= 0.3 is 30.5 Å². The number of aromatic amines is 2. The molecule has 12 aromatic rings. The zero-order valence-electron chi connectivity index (χ0n) is 55.0. The number of imidazole rings is 1. The van der Waals surface area contributed by atoms with Crippen LogP contribution in [0, 0.1) is 48.5 Å². The molecule has 0 atom stereocenters. The number of nitrogen functional groups attached to an aromatic ring is 4. The Morgan fingerprint density at radius 3 is 1.29 bits per heavy atom. The van der Waals surface area contributed by atoms with Gasteiger partial charge in [0.2, 0.25) is 0 Å². The molecule has 1 fully saturated rings. The fourth-order valence-electron chi connectivity index (χ4n) is 10.4. The normalized spacial score (nSPS) is 11.6. The number of pyridine rings is 5. The third-order valence-corrected chi connectivity index (χ3v) is 15.6. The maximum absolute atomic E-state index is 12.2. The van der Waals surface area contributed by atoms with Crippen molar-refractivity contribution in [2.75, 3.05) is 43.3 Å². The van der Waals surface area contributed by atoms with E-state index < -0.39 is 17.2 Å². The van der Waals surface area contributed by atoms with Crippen molar-refractivity contribution in [1.29, 1.82) is 0 Å². The van der Waals surface area contributed by atoms with Crippen molar-refractivity contribution in [3.8, 4) is 33.4 Å². The number of hydrogen-bond donors (Lipinski definition) is 8. The standard InChI is InChI=1S/C23H19N5O3.C22H21N5O2.C13H15N3O3.C5H4BrN.C4H8O.C4H9.Li/c1-13-20(14(2)31-28-13)15-11-16(21-17(12-15)26-22(29)27-21)23(30,18-7-3-5-9-24-18)19-8-4-6-10-25-19;1-13-20(14(2)29-27-13)15-11-16(21(24)17(23)12-15)22(28,18-7-3-5-9-25-18)19-8-4-6-10-26-19;1-6-11(7(2)19-16-6)8-4-9(13(17)18-3)12(15)10(14)5-8;6-5-3-1-2-4-7-5;1-2-4-5-3-1;1-3-4-2;/h3-12,30H,1-2H3,(H2,26,27,29);3-12,28H,23-24H2,1-2H3;4-5H,14-15H2,1-3H3;1-4H;1-4H2;1,3-4H2,2H3;/q;;;;;-1;+1. The van der Waals surface area contributed by atoms with Crippen LogP contribution in [0.1, 0.15) is 111 Å². The number of rotatable bonds is 11. The Bertz CT molecular complexity index is 4380. The van der Waals surface area contributed by atoms with Crippen molar-refractivity contribution < 1.29 is 56.9 Å². The fourth-order valence-corrected chi connectivity index (χ4v) is 10.7. The molecule has 10 heterocycles. The number of hydrogen-bond acceptors (Lipinski definition) is 21. The SMILES string of the molecule is Brc1ccccn1.C1CCOC1.COC(=O)c1cc(-c2c(C)noc2C)cc(N)c1N.Cc1noc(C)c1-c1cc(C(O)(c2ccccn2)c2ccccn2)c2[nH]c(=O)[nH]c2c1.Cc1noc(C)c1-c1cc(N)c(N)c(C(O)(c2ccccn2)c2ccccn2)c1.[CH2-]CCC.[Li+]. The van der Waals surface area contributed by atoms with Crippen LogP contribution in [-0.4, -0.2) is 86.9 Å². The molecule has 1 aliphatic rings. The zero-order valence-corrected chi connectivity index (χ0v) is 56.6. The Labute approximate surface area is 575 Å². The van der Waals surface area contributed by atoms with Crippen molar-refractivity contribution in [3.05, 3.63) is 254 Å². The molecule has 0 aliphatic carbocycles. The molecule has 1 aliphatic heterocycles. The summed E-state index contributed by atoms with van der Waals surface area (Å²) in [7, 11) is 1.29. The van der Waals surface area contributed by atoms with Gasteiger partial charge < -0.3 is 73.1 Å². The van der Waals surface area contributed by atoms with Crippen molar-refractivity contribution in [1.82, 2.24) is 50.4 Å². The number of aryl methyl sites for hydroxylation is 6. The molecule has 12 N–H and O–H groups in total. The van der Waals surface area contributed by atoms with Gasteiger partial charge in [-0.2, -0.15) is 6.42 Å². The fraction of sp³-hybridized carbons (Fsp3) is 0.225. The first-order valence-electron chi connectivity index (χ1n) is 30.2. The number of carbonyl (C=O) groups excluding carboxylic acids is 1. The van der Waals surface area contributed by atoms with Crippen LogP contribution in [0.5, 0.6) is 0 Å². The molecule has 1 saturated heterocycles. The molecule has 0 unspecified atom stereocenters. The molecule has 0 saturated carbocycles. The number of unbranched alkanes of at least 4 members (excludes halogenated alkanes) is 1. The van der Waals surface area contributed by atoms with Gasteiger partial charge in [0.25, 0.3) is 0 Å². The molecule has 25 heteroatoms. The average Bonchev–Trinajstić information content (AvgIpc) is 1.25. The summed E-state index contributed by atoms with van der Waals surface area (Å²) in [6, 6.07) is 37.4. The van der Waals surface area contributed by atoms with E-state index in [-0.39, 0.29) is 41.5 Å². The van der Waals surface area contributed by atoms with Crippen molar-refractivity contribution in [2.45, 2.75) is 85.4 Å². The van der Waals surface area contributed by atoms with Crippen LogP contribution in [-0.2, 0) is 20.7 Å². The van der Waals surface area contributed by atoms with Gasteiger partial charge in [-0.25, -0.2) is 14.6 Å². The Balaban J connectivity index is 0.000000184. The number of nitrogens with two attached hydrogens (primary N) is 4. The Hall–Kier alpha value is -10.1. The van der Waals surface area contributed by atoms with Crippen molar-refractivity contribution in [2.24, 2.45) is 0 Å². The number of carbonyl (C=O) groups is 1. The minimum absolute atomic E-state index is 0. The first-order chi connectivity index (χ1) is 45.7. The van der Waals surface area contributed by atoms with Gasteiger partial charge in [0.15, 0.2) is 11.2 Å². The molecule has 9 aromatic heterocycles. The van der Waals surface area contributed by atoms with Crippen LogP contribution in [0.2, 0.25) is 0 Å². The average molecular weight is 1360 g/mol. The van der Waals surface area contributed by atoms with E-state index in [2.05, 4.69) is 80.1 Å². The van der Waals surface area contributed by atoms with E-state index in [1.807, 2.05) is 65.0 Å². The largest absolute Gasteiger partial charge is 1.00 e. The first-order valence-corrected chi connectivity index (χ1v) is 31.0. The number of nitrogens with zero attached hydrogens (tertiary/aromatic N) is 8. The molecule has 0 bridgehead atoms. The summed E-state index contributed by atoms with van der Waals surface area (Å²) >= 11 is 3.20. The van der Waals surface area contributed by atoms with Crippen molar-refractivity contribution in [3.63, 3.8) is 0 Å². The van der Waals surface area contributed by atoms with Crippen LogP contribution in [0.25, 0.3) is 44.4 Å². The summed E-state index contributed by atoms with van der Waals surface area (Å²) in [5, 5.41) is 36.1. The number of anilines is 4. The predicted molar refractivity (Wildman–Crippen MR) is 369 cm³/mol. The van der Waals surface area contributed by atoms with Gasteiger partial charge in [0, 0.05) is 72.0 Å². The smallest absolute Gasteiger partial charge is 0.465 e. The van der Waals surface area contributed by atoms with Crippen LogP contribution in [0.15, 0.2) is 181 Å². The van der Waals surface area contributed by atoms with Gasteiger partial charge in [0.05, 0.1) is 86.3 Å². The number of methoxy groups -OCH3 is 1. The minimum atomic E-state index is -1.72. The van der Waals surface area contributed by atoms with E-state index in [1.165, 1.54) is 26.4 Å². The number of nitrogens with one attached hydrogen (secondary N) is 2. The van der Waals surface area contributed by atoms with E-state index in [9.17, 15) is 19.8 Å². The topological polar surface area (TPSA) is 371 Å². The third-order valence-electron chi connectivity index (χ3n) is 15.2. The van der Waals surface area contributed by atoms with Gasteiger partial charge in [0.1, 0.15) is 21.9 Å². The van der Waals surface area contributed by atoms with Crippen LogP contribution >= 0.6 is 15.9 Å². The molecular weight excluding hydrogens is 1280 g/mol. The van der Waals surface area contributed by atoms with Gasteiger partial charge in [-0.05, 0) is 184 Å². The Morgan fingerprint density at radius 2 is 0.958 bits per heavy atom. The molecular formula is C71H76BrLiN14O9. The Kier molecular flexibility index (Phi) is 25.9. The molecule has 0 radical (unpaired) electrons. The van der Waals surface area contributed by atoms with Gasteiger partial charge in [-0.1, -0.05) is 59.1 Å². The molecule has 3 aromatic carbocycles. The summed E-state index contributed by atoms with van der Waals surface area (Å²) < 4.78 is 26.3. The van der Waals surface area contributed by atoms with E-state index in [0.29, 0.717) is 79.3 Å². The Morgan fingerprint density at radius 1 is 0.573 bits per heavy atom. The number of aromatic nitrogens is 10. The van der Waals surface area contributed by atoms with Crippen LogP contribution in [0.3, 0.4) is 0 Å². The zero-order chi connectivity index (χ0) is 68.4. The number of esters is 1. The van der Waals surface area contributed by atoms with Gasteiger partial charge in [-0.3, -0.25) is 19.9 Å². The molecule has 13 rings (SSSR count). The second-order valence-corrected chi connectivity index (χ2v) is 22.6. The van der Waals surface area contributed by atoms with E-state index in [0.717, 1.165) is 69.0 Å². The molecule has 0 spiro atoms. The number of aliphatic hydroxyl groups is 2. The molecule has 492 valence electrons. The summed E-state index contributed by atoms with van der Waals surface area (Å²) in [5.74, 6) is 1.41. The maximum atomic E-state index is 12.2. The third kappa shape index (κ3) is 16.9. The molecule has 23 nitrogen and oxygen atoms in total. The van der Waals surface area contributed by atoms with Crippen LogP contribution < -0.4 is 47.5 Å². The molecule has 0 amide bonds. The van der Waals surface area contributed by atoms with E-state index >= 15 is 0 Å². The monoisotopic (exact) mass is 1350 g/mol. The first kappa shape index (κ1) is 73.3. The van der Waals surface area contributed by atoms with Crippen LogP contribution in [0.4, 0.5) is 22.7 Å². The number of ether oxygens (including phenoxy) is 2. The summed E-state index contributed by atoms with van der Waals surface area (Å²) in [4.78, 5) is 51.0. The van der Waals surface area contributed by atoms with Gasteiger partial charge in [-0.15, -0.1) is 0 Å². The predicted octanol–water partition coefficient (Wildman–Crippen LogP) is 9.57. The minimum Gasteiger partial charge on any atom is -0.465 e. The second kappa shape index (κ2) is 33.9. The summed E-state index contributed by atoms with van der Waals surface area (Å²) in [6.07, 6.45) is 13.0. The number of fused-ring (bicyclic) bond motifs is 1. The second-order valence-electron chi connectivity index (χ2n) is 21.8. The number of halogens is 1. The summed E-state index contributed by atoms with van der Waals surface area (Å²) in [6.45, 7) is 18.7. The number of H-pyrrole nitrogens is 2. The maximum Gasteiger partial charge on any atom is 1.00 e. The molecule has 96 heavy (non-hydrogen) atoms. The quantitative estimate of drug-likeness (QED) is 0.0196. The number of benzene rings is 3. The van der Waals surface area contributed by atoms with Crippen molar-refractivity contribution >= 4 is 55.7 Å².